The van der Waals surface area contributed by atoms with Gasteiger partial charge in [0.15, 0.2) is 5.13 Å². The van der Waals surface area contributed by atoms with Crippen LogP contribution in [0.4, 0.5) is 10.8 Å². The number of amides is 3. The van der Waals surface area contributed by atoms with Gasteiger partial charge in [0, 0.05) is 48.1 Å². The number of carbonyl (C=O) groups excluding carboxylic acids is 3. The Morgan fingerprint density at radius 1 is 1.16 bits per heavy atom. The number of aromatic nitrogens is 1. The first-order chi connectivity index (χ1) is 15.4. The Morgan fingerprint density at radius 3 is 2.56 bits per heavy atom. The third-order valence-electron chi connectivity index (χ3n) is 5.16. The Kier molecular flexibility index (Phi) is 6.53. The summed E-state index contributed by atoms with van der Waals surface area (Å²) in [6.07, 6.45) is 0.155. The van der Waals surface area contributed by atoms with Gasteiger partial charge in [0.05, 0.1) is 11.6 Å². The first kappa shape index (κ1) is 22.0. The number of rotatable bonds is 6. The molecule has 3 aromatic rings. The van der Waals surface area contributed by atoms with E-state index in [9.17, 15) is 14.4 Å². The van der Waals surface area contributed by atoms with E-state index in [0.29, 0.717) is 23.2 Å². The monoisotopic (exact) mass is 468 g/mol. The Morgan fingerprint density at radius 2 is 1.88 bits per heavy atom. The number of hydrogen-bond acceptors (Lipinski definition) is 5. The molecule has 9 heteroatoms. The highest BCUT2D eigenvalue weighted by Gasteiger charge is 2.35. The van der Waals surface area contributed by atoms with Crippen LogP contribution in [-0.4, -0.2) is 29.3 Å². The summed E-state index contributed by atoms with van der Waals surface area (Å²) in [5.41, 5.74) is 3.39. The Balaban J connectivity index is 1.37. The van der Waals surface area contributed by atoms with Crippen LogP contribution in [0, 0.1) is 5.92 Å². The van der Waals surface area contributed by atoms with Crippen molar-refractivity contribution in [2.45, 2.75) is 19.9 Å². The van der Waals surface area contributed by atoms with Crippen LogP contribution in [0.2, 0.25) is 5.02 Å². The van der Waals surface area contributed by atoms with Crippen molar-refractivity contribution in [2.24, 2.45) is 5.92 Å². The van der Waals surface area contributed by atoms with Crippen LogP contribution in [0.3, 0.4) is 0 Å². The summed E-state index contributed by atoms with van der Waals surface area (Å²) >= 11 is 7.25. The molecule has 1 unspecified atom stereocenters. The fraction of sp³-hybridized carbons (Fsp3) is 0.217. The number of nitrogens with zero attached hydrogens (tertiary/aromatic N) is 2. The van der Waals surface area contributed by atoms with Crippen LogP contribution >= 0.6 is 22.9 Å². The van der Waals surface area contributed by atoms with Crippen LogP contribution in [0.25, 0.3) is 11.3 Å². The molecule has 1 fully saturated rings. The minimum Gasteiger partial charge on any atom is -0.352 e. The predicted molar refractivity (Wildman–Crippen MR) is 126 cm³/mol. The molecule has 4 rings (SSSR count). The lowest BCUT2D eigenvalue weighted by atomic mass is 10.1. The number of nitrogens with one attached hydrogen (secondary N) is 2. The quantitative estimate of drug-likeness (QED) is 0.570. The molecule has 3 amide bonds. The first-order valence-electron chi connectivity index (χ1n) is 10.0. The van der Waals surface area contributed by atoms with Crippen molar-refractivity contribution >= 4 is 51.5 Å². The minimum atomic E-state index is -0.446. The van der Waals surface area contributed by atoms with Crippen LogP contribution in [0.15, 0.2) is 53.9 Å². The van der Waals surface area contributed by atoms with Crippen LogP contribution in [-0.2, 0) is 20.9 Å². The zero-order chi connectivity index (χ0) is 22.7. The van der Waals surface area contributed by atoms with E-state index in [2.05, 4.69) is 15.6 Å². The van der Waals surface area contributed by atoms with Crippen molar-refractivity contribution in [3.63, 3.8) is 0 Å². The maximum Gasteiger partial charge on any atom is 0.231 e. The molecule has 2 N–H and O–H groups in total. The predicted octanol–water partition coefficient (Wildman–Crippen LogP) is 4.09. The second kappa shape index (κ2) is 9.50. The second-order valence-electron chi connectivity index (χ2n) is 7.52. The summed E-state index contributed by atoms with van der Waals surface area (Å²) in [6.45, 7) is 2.28. The zero-order valence-corrected chi connectivity index (χ0v) is 18.9. The van der Waals surface area contributed by atoms with Gasteiger partial charge in [-0.3, -0.25) is 14.4 Å². The molecule has 0 radical (unpaired) electrons. The second-order valence-corrected chi connectivity index (χ2v) is 8.81. The van der Waals surface area contributed by atoms with Gasteiger partial charge in [-0.1, -0.05) is 35.9 Å². The molecule has 1 saturated heterocycles. The van der Waals surface area contributed by atoms with E-state index in [0.717, 1.165) is 22.5 Å². The highest BCUT2D eigenvalue weighted by molar-refractivity contribution is 7.14. The molecule has 1 aliphatic heterocycles. The van der Waals surface area contributed by atoms with Gasteiger partial charge in [0.2, 0.25) is 17.7 Å². The van der Waals surface area contributed by atoms with E-state index < -0.39 is 5.92 Å². The summed E-state index contributed by atoms with van der Waals surface area (Å²) in [5.74, 6) is -0.833. The van der Waals surface area contributed by atoms with Gasteiger partial charge in [0.25, 0.3) is 0 Å². The van der Waals surface area contributed by atoms with Gasteiger partial charge in [-0.2, -0.15) is 0 Å². The summed E-state index contributed by atoms with van der Waals surface area (Å²) in [6, 6.07) is 14.7. The molecule has 7 nitrogen and oxygen atoms in total. The summed E-state index contributed by atoms with van der Waals surface area (Å²) in [5, 5.41) is 8.56. The first-order valence-corrected chi connectivity index (χ1v) is 11.3. The summed E-state index contributed by atoms with van der Waals surface area (Å²) in [7, 11) is 0. The van der Waals surface area contributed by atoms with Crippen LogP contribution < -0.4 is 15.5 Å². The van der Waals surface area contributed by atoms with Crippen molar-refractivity contribution in [1.29, 1.82) is 0 Å². The van der Waals surface area contributed by atoms with Crippen molar-refractivity contribution in [3.8, 4) is 11.3 Å². The SMILES string of the molecule is CC(=O)NCc1ccc(-c2csc(NC(=O)C3CC(=O)N(c4ccc(Cl)cc4)C3)n2)cc1. The molecule has 0 saturated carbocycles. The number of carbonyl (C=O) groups is 3. The van der Waals surface area contributed by atoms with Crippen molar-refractivity contribution in [1.82, 2.24) is 10.3 Å². The molecule has 1 atom stereocenters. The molecular weight excluding hydrogens is 448 g/mol. The number of thiazole rings is 1. The average Bonchev–Trinajstić information content (AvgIpc) is 3.40. The van der Waals surface area contributed by atoms with E-state index >= 15 is 0 Å². The van der Waals surface area contributed by atoms with Gasteiger partial charge < -0.3 is 15.5 Å². The minimum absolute atomic E-state index is 0.0748. The van der Waals surface area contributed by atoms with Gasteiger partial charge >= 0.3 is 0 Å². The average molecular weight is 469 g/mol. The highest BCUT2D eigenvalue weighted by atomic mass is 35.5. The third-order valence-corrected chi connectivity index (χ3v) is 6.17. The molecule has 32 heavy (non-hydrogen) atoms. The molecular formula is C23H21ClN4O3S. The van der Waals surface area contributed by atoms with E-state index in [1.807, 2.05) is 29.6 Å². The van der Waals surface area contributed by atoms with Crippen molar-refractivity contribution < 1.29 is 14.4 Å². The summed E-state index contributed by atoms with van der Waals surface area (Å²) in [4.78, 5) is 42.3. The number of hydrogen-bond donors (Lipinski definition) is 2. The summed E-state index contributed by atoms with van der Waals surface area (Å²) < 4.78 is 0. The number of halogens is 1. The van der Waals surface area contributed by atoms with E-state index in [-0.39, 0.29) is 24.1 Å². The molecule has 0 bridgehead atoms. The molecule has 0 spiro atoms. The lowest BCUT2D eigenvalue weighted by Crippen LogP contribution is -2.28. The smallest absolute Gasteiger partial charge is 0.231 e. The molecule has 2 aromatic carbocycles. The normalized spacial score (nSPS) is 15.6. The number of anilines is 2. The molecule has 1 aliphatic rings. The fourth-order valence-corrected chi connectivity index (χ4v) is 4.29. The molecule has 1 aromatic heterocycles. The lowest BCUT2D eigenvalue weighted by molar-refractivity contribution is -0.122. The lowest BCUT2D eigenvalue weighted by Gasteiger charge is -2.16. The fourth-order valence-electron chi connectivity index (χ4n) is 3.44. The van der Waals surface area contributed by atoms with Crippen LogP contribution in [0.1, 0.15) is 18.9 Å². The standard InChI is InChI=1S/C23H21ClN4O3S/c1-14(29)25-11-15-2-4-16(5-3-15)20-13-32-23(26-20)27-22(31)17-10-21(30)28(12-17)19-8-6-18(24)7-9-19/h2-9,13,17H,10-12H2,1H3,(H,25,29)(H,26,27,31). The number of benzene rings is 2. The third kappa shape index (κ3) is 5.15. The molecule has 2 heterocycles. The maximum atomic E-state index is 12.7. The largest absolute Gasteiger partial charge is 0.352 e. The van der Waals surface area contributed by atoms with E-state index in [1.54, 1.807) is 29.2 Å². The maximum absolute atomic E-state index is 12.7. The van der Waals surface area contributed by atoms with Gasteiger partial charge in [-0.05, 0) is 29.8 Å². The van der Waals surface area contributed by atoms with Gasteiger partial charge in [-0.25, -0.2) is 4.98 Å². The topological polar surface area (TPSA) is 91.4 Å². The van der Waals surface area contributed by atoms with E-state index in [1.165, 1.54) is 18.3 Å². The molecule has 164 valence electrons. The van der Waals surface area contributed by atoms with Crippen molar-refractivity contribution in [3.05, 3.63) is 64.5 Å². The van der Waals surface area contributed by atoms with E-state index in [4.69, 9.17) is 11.6 Å². The molecule has 0 aliphatic carbocycles. The Labute approximate surface area is 194 Å². The van der Waals surface area contributed by atoms with Crippen molar-refractivity contribution in [2.75, 3.05) is 16.8 Å². The Bertz CT molecular complexity index is 1140. The van der Waals surface area contributed by atoms with Gasteiger partial charge in [-0.15, -0.1) is 11.3 Å². The Hall–Kier alpha value is -3.23. The van der Waals surface area contributed by atoms with Crippen LogP contribution in [0.5, 0.6) is 0 Å². The highest BCUT2D eigenvalue weighted by Crippen LogP contribution is 2.29. The zero-order valence-electron chi connectivity index (χ0n) is 17.3. The van der Waals surface area contributed by atoms with Gasteiger partial charge in [0.1, 0.15) is 0 Å².